The molecule has 11 nitrogen and oxygen atoms in total. The van der Waals surface area contributed by atoms with Crippen LogP contribution < -0.4 is 11.1 Å². The summed E-state index contributed by atoms with van der Waals surface area (Å²) in [5.41, 5.74) is 5.72. The van der Waals surface area contributed by atoms with Gasteiger partial charge in [0.2, 0.25) is 5.91 Å². The second kappa shape index (κ2) is 18.3. The van der Waals surface area contributed by atoms with Gasteiger partial charge in [-0.1, -0.05) is 44.7 Å². The highest BCUT2D eigenvalue weighted by Crippen LogP contribution is 2.40. The molecule has 0 aromatic rings. The molecule has 10 unspecified atom stereocenters. The standard InChI is InChI=1S/C23H42N2O9S4/c1-35(30)9-7-20-16(13-37(3)32)15(12-36(2)31)17(14-38(4)33)21(34-20)11-22(27)25-8-5-6-18(24)19(26)10-23(28)29/h15-18,20-21H,5-14,24H2,1-4H3,(H,25,27)(H,28,29). The van der Waals surface area contributed by atoms with E-state index >= 15 is 0 Å². The number of ether oxygens (including phenoxy) is 1. The number of Topliss-reactive ketones (excluding diaryl/α,β-unsaturated/α-hetero) is 1. The molecular weight excluding hydrogens is 577 g/mol. The molecule has 15 heteroatoms. The average molecular weight is 619 g/mol. The summed E-state index contributed by atoms with van der Waals surface area (Å²) in [6.07, 6.45) is 5.61. The number of carboxylic acids is 1. The van der Waals surface area contributed by atoms with Gasteiger partial charge in [-0.25, -0.2) is 0 Å². The van der Waals surface area contributed by atoms with Crippen LogP contribution in [0.5, 0.6) is 0 Å². The van der Waals surface area contributed by atoms with Crippen molar-refractivity contribution in [2.75, 3.05) is 54.6 Å². The number of amides is 1. The van der Waals surface area contributed by atoms with Crippen LogP contribution in [0.1, 0.15) is 32.1 Å². The van der Waals surface area contributed by atoms with Crippen LogP contribution >= 0.6 is 0 Å². The number of carbonyl (C=O) groups is 3. The Bertz CT molecular complexity index is 746. The molecule has 0 aromatic carbocycles. The fourth-order valence-electron chi connectivity index (χ4n) is 4.83. The van der Waals surface area contributed by atoms with E-state index in [9.17, 15) is 32.6 Å². The zero-order chi connectivity index (χ0) is 29.0. The zero-order valence-corrected chi connectivity index (χ0v) is 25.7. The predicted molar refractivity (Wildman–Crippen MR) is 152 cm³/mol. The molecule has 10 atom stereocenters. The van der Waals surface area contributed by atoms with Crippen LogP contribution in [-0.4, -0.2) is 114 Å². The normalized spacial score (nSPS) is 27.7. The van der Waals surface area contributed by atoms with Crippen molar-refractivity contribution in [2.24, 2.45) is 23.5 Å². The minimum atomic E-state index is -1.24. The first-order chi connectivity index (χ1) is 17.7. The number of nitrogens with two attached hydrogens (primary N) is 1. The van der Waals surface area contributed by atoms with Crippen LogP contribution in [0, 0.1) is 17.8 Å². The lowest BCUT2D eigenvalue weighted by Crippen LogP contribution is -2.55. The molecule has 0 spiro atoms. The highest BCUT2D eigenvalue weighted by atomic mass is 32.2. The Morgan fingerprint density at radius 3 is 1.92 bits per heavy atom. The van der Waals surface area contributed by atoms with Gasteiger partial charge in [0, 0.05) is 30.7 Å². The molecule has 1 rings (SSSR count). The van der Waals surface area contributed by atoms with Crippen molar-refractivity contribution >= 4 is 62.4 Å². The summed E-state index contributed by atoms with van der Waals surface area (Å²) in [6, 6.07) is -0.921. The number of carboxylic acid groups (broad SMARTS) is 1. The Hall–Kier alpha value is -0.230. The van der Waals surface area contributed by atoms with Crippen molar-refractivity contribution in [3.05, 3.63) is 0 Å². The molecule has 1 aliphatic rings. The van der Waals surface area contributed by atoms with E-state index in [0.717, 1.165) is 0 Å². The van der Waals surface area contributed by atoms with Gasteiger partial charge in [0.15, 0.2) is 5.78 Å². The maximum absolute atomic E-state index is 12.8. The van der Waals surface area contributed by atoms with Gasteiger partial charge >= 0.3 is 5.97 Å². The first kappa shape index (κ1) is 35.8. The lowest BCUT2D eigenvalue weighted by Gasteiger charge is -2.46. The van der Waals surface area contributed by atoms with E-state index in [1.807, 2.05) is 0 Å². The Kier molecular flexibility index (Phi) is 17.2. The van der Waals surface area contributed by atoms with Gasteiger partial charge < -0.3 is 39.1 Å². The summed E-state index contributed by atoms with van der Waals surface area (Å²) in [5, 5.41) is 11.5. The topological polar surface area (TPSA) is 211 Å². The summed E-state index contributed by atoms with van der Waals surface area (Å²) in [4.78, 5) is 35.2. The SMILES string of the molecule is C[S+]([O-])CCC1OC(CC(=O)NCCCC(N)C(=O)CC(=O)O)C(C[S+](C)[O-])C(C[S+](C)[O-])C1C[S+](C)[O-]. The van der Waals surface area contributed by atoms with E-state index in [-0.39, 0.29) is 48.8 Å². The number of nitrogens with one attached hydrogen (secondary N) is 1. The van der Waals surface area contributed by atoms with E-state index < -0.39 is 81.1 Å². The Morgan fingerprint density at radius 1 is 0.895 bits per heavy atom. The number of hydrogen-bond donors (Lipinski definition) is 3. The van der Waals surface area contributed by atoms with Gasteiger partial charge in [-0.05, 0) is 12.8 Å². The molecule has 1 aliphatic heterocycles. The van der Waals surface area contributed by atoms with E-state index in [0.29, 0.717) is 30.1 Å². The summed E-state index contributed by atoms with van der Waals surface area (Å²) >= 11 is -4.69. The largest absolute Gasteiger partial charge is 0.617 e. The molecule has 222 valence electrons. The fourth-order valence-corrected chi connectivity index (χ4v) is 8.44. The third-order valence-electron chi connectivity index (χ3n) is 6.52. The summed E-state index contributed by atoms with van der Waals surface area (Å²) < 4.78 is 55.1. The van der Waals surface area contributed by atoms with Gasteiger partial charge in [0.1, 0.15) is 29.4 Å². The molecule has 0 radical (unpaired) electrons. The van der Waals surface area contributed by atoms with Crippen molar-refractivity contribution in [3.63, 3.8) is 0 Å². The molecule has 0 aliphatic carbocycles. The number of carbonyl (C=O) groups excluding carboxylic acids is 2. The van der Waals surface area contributed by atoms with Crippen molar-refractivity contribution in [1.82, 2.24) is 5.32 Å². The number of aliphatic carboxylic acids is 1. The molecule has 0 aromatic heterocycles. The van der Waals surface area contributed by atoms with Crippen molar-refractivity contribution in [1.29, 1.82) is 0 Å². The smallest absolute Gasteiger partial charge is 0.310 e. The summed E-state index contributed by atoms with van der Waals surface area (Å²) in [7, 11) is 0. The number of rotatable bonds is 18. The van der Waals surface area contributed by atoms with Crippen molar-refractivity contribution in [2.45, 2.75) is 50.4 Å². The van der Waals surface area contributed by atoms with Crippen molar-refractivity contribution in [3.8, 4) is 0 Å². The van der Waals surface area contributed by atoms with Gasteiger partial charge in [-0.3, -0.25) is 14.4 Å². The predicted octanol–water partition coefficient (Wildman–Crippen LogP) is -0.836. The highest BCUT2D eigenvalue weighted by molar-refractivity contribution is 7.91. The van der Waals surface area contributed by atoms with Gasteiger partial charge in [0.25, 0.3) is 0 Å². The number of ketones is 1. The first-order valence-corrected chi connectivity index (χ1v) is 19.2. The molecule has 1 saturated heterocycles. The molecule has 0 saturated carbocycles. The van der Waals surface area contributed by atoms with Gasteiger partial charge in [0.05, 0.1) is 49.7 Å². The minimum absolute atomic E-state index is 0.0354. The number of hydrogen-bond acceptors (Lipinski definition) is 9. The third kappa shape index (κ3) is 13.9. The van der Waals surface area contributed by atoms with E-state index in [1.54, 1.807) is 25.0 Å². The van der Waals surface area contributed by atoms with Crippen LogP contribution in [0.25, 0.3) is 0 Å². The fraction of sp³-hybridized carbons (Fsp3) is 0.870. The van der Waals surface area contributed by atoms with E-state index in [2.05, 4.69) is 5.32 Å². The van der Waals surface area contributed by atoms with E-state index in [4.69, 9.17) is 15.6 Å². The molecule has 1 amide bonds. The van der Waals surface area contributed by atoms with Crippen LogP contribution in [0.3, 0.4) is 0 Å². The van der Waals surface area contributed by atoms with Crippen LogP contribution in [0.15, 0.2) is 0 Å². The van der Waals surface area contributed by atoms with Crippen LogP contribution in [0.4, 0.5) is 0 Å². The zero-order valence-electron chi connectivity index (χ0n) is 22.5. The second-order valence-corrected chi connectivity index (χ2v) is 15.8. The third-order valence-corrected chi connectivity index (χ3v) is 9.89. The Labute approximate surface area is 237 Å². The van der Waals surface area contributed by atoms with Crippen LogP contribution in [-0.2, 0) is 63.8 Å². The molecular formula is C23H42N2O9S4. The summed E-state index contributed by atoms with van der Waals surface area (Å²) in [5.74, 6) is -1.78. The maximum atomic E-state index is 12.8. The van der Waals surface area contributed by atoms with E-state index in [1.165, 1.54) is 0 Å². The Morgan fingerprint density at radius 2 is 1.42 bits per heavy atom. The Balaban J connectivity index is 2.96. The highest BCUT2D eigenvalue weighted by Gasteiger charge is 2.50. The summed E-state index contributed by atoms with van der Waals surface area (Å²) in [6.45, 7) is 0.224. The van der Waals surface area contributed by atoms with Crippen LogP contribution in [0.2, 0.25) is 0 Å². The lowest BCUT2D eigenvalue weighted by molar-refractivity contribution is -0.146. The molecule has 0 bridgehead atoms. The molecule has 38 heavy (non-hydrogen) atoms. The second-order valence-electron chi connectivity index (χ2n) is 9.83. The minimum Gasteiger partial charge on any atom is -0.617 e. The maximum Gasteiger partial charge on any atom is 0.310 e. The van der Waals surface area contributed by atoms with Gasteiger partial charge in [-0.2, -0.15) is 0 Å². The molecule has 1 heterocycles. The lowest BCUT2D eigenvalue weighted by atomic mass is 9.74. The first-order valence-electron chi connectivity index (χ1n) is 12.3. The quantitative estimate of drug-likeness (QED) is 0.0985. The van der Waals surface area contributed by atoms with Crippen molar-refractivity contribution < 1.29 is 42.4 Å². The monoisotopic (exact) mass is 618 g/mol. The molecule has 1 fully saturated rings. The average Bonchev–Trinajstić information content (AvgIpc) is 2.77. The van der Waals surface area contributed by atoms with Gasteiger partial charge in [-0.15, -0.1) is 0 Å². The molecule has 4 N–H and O–H groups in total.